The molecule has 0 unspecified atom stereocenters. The summed E-state index contributed by atoms with van der Waals surface area (Å²) in [6.45, 7) is 0. The summed E-state index contributed by atoms with van der Waals surface area (Å²) >= 11 is 1.36. The molecule has 2 heterocycles. The van der Waals surface area contributed by atoms with Crippen LogP contribution in [-0.4, -0.2) is 21.6 Å². The fourth-order valence-corrected chi connectivity index (χ4v) is 1.83. The third-order valence-corrected chi connectivity index (χ3v) is 2.84. The summed E-state index contributed by atoms with van der Waals surface area (Å²) in [5.74, 6) is 0.932. The van der Waals surface area contributed by atoms with Crippen molar-refractivity contribution < 1.29 is 13.9 Å². The van der Waals surface area contributed by atoms with Gasteiger partial charge in [-0.25, -0.2) is 0 Å². The SMILES string of the molecule is CSc1nnc(-c2cc3c(O)cccc3o2)o1. The van der Waals surface area contributed by atoms with E-state index in [9.17, 15) is 5.11 Å². The third kappa shape index (κ3) is 1.66. The molecular formula is C11H8N2O3S. The molecule has 2 aromatic heterocycles. The van der Waals surface area contributed by atoms with E-state index in [4.69, 9.17) is 8.83 Å². The molecular weight excluding hydrogens is 240 g/mol. The van der Waals surface area contributed by atoms with Crippen LogP contribution in [0.1, 0.15) is 0 Å². The monoisotopic (exact) mass is 248 g/mol. The number of thioether (sulfide) groups is 1. The van der Waals surface area contributed by atoms with Crippen molar-refractivity contribution >= 4 is 22.7 Å². The Kier molecular flexibility index (Phi) is 2.29. The van der Waals surface area contributed by atoms with E-state index >= 15 is 0 Å². The molecule has 0 aliphatic rings. The Morgan fingerprint density at radius 1 is 1.24 bits per heavy atom. The summed E-state index contributed by atoms with van der Waals surface area (Å²) in [6, 6.07) is 6.77. The molecule has 0 amide bonds. The van der Waals surface area contributed by atoms with Crippen LogP contribution < -0.4 is 0 Å². The van der Waals surface area contributed by atoms with E-state index in [1.165, 1.54) is 11.8 Å². The molecule has 6 heteroatoms. The van der Waals surface area contributed by atoms with Crippen LogP contribution in [0.2, 0.25) is 0 Å². The van der Waals surface area contributed by atoms with Crippen LogP contribution in [0.3, 0.4) is 0 Å². The number of rotatable bonds is 2. The van der Waals surface area contributed by atoms with Gasteiger partial charge in [0.15, 0.2) is 5.76 Å². The minimum atomic E-state index is 0.169. The largest absolute Gasteiger partial charge is 0.507 e. The van der Waals surface area contributed by atoms with Crippen molar-refractivity contribution in [2.45, 2.75) is 5.22 Å². The van der Waals surface area contributed by atoms with Gasteiger partial charge in [0.05, 0.1) is 5.39 Å². The van der Waals surface area contributed by atoms with Gasteiger partial charge in [0.2, 0.25) is 0 Å². The molecule has 3 aromatic rings. The first-order valence-electron chi connectivity index (χ1n) is 4.87. The molecule has 17 heavy (non-hydrogen) atoms. The first-order valence-corrected chi connectivity index (χ1v) is 6.10. The summed E-state index contributed by atoms with van der Waals surface area (Å²) in [7, 11) is 0. The Bertz CT molecular complexity index is 674. The first kappa shape index (κ1) is 10.2. The molecule has 5 nitrogen and oxygen atoms in total. The lowest BCUT2D eigenvalue weighted by Gasteiger charge is -1.89. The number of nitrogens with zero attached hydrogens (tertiary/aromatic N) is 2. The molecule has 0 saturated carbocycles. The molecule has 0 aliphatic carbocycles. The van der Waals surface area contributed by atoms with Gasteiger partial charge in [-0.3, -0.25) is 0 Å². The van der Waals surface area contributed by atoms with E-state index in [0.29, 0.717) is 27.8 Å². The minimum Gasteiger partial charge on any atom is -0.507 e. The predicted octanol–water partition coefficient (Wildman–Crippen LogP) is 2.91. The number of benzene rings is 1. The second kappa shape index (κ2) is 3.81. The van der Waals surface area contributed by atoms with E-state index in [0.717, 1.165) is 0 Å². The second-order valence-corrected chi connectivity index (χ2v) is 4.13. The molecule has 0 saturated heterocycles. The second-order valence-electron chi connectivity index (χ2n) is 3.38. The average Bonchev–Trinajstić information content (AvgIpc) is 2.95. The maximum atomic E-state index is 9.65. The highest BCUT2D eigenvalue weighted by Crippen LogP contribution is 2.32. The Balaban J connectivity index is 2.14. The lowest BCUT2D eigenvalue weighted by Crippen LogP contribution is -1.71. The standard InChI is InChI=1S/C11H8N2O3S/c1-17-11-13-12-10(16-11)9-5-6-7(14)3-2-4-8(6)15-9/h2-5,14H,1H3. The van der Waals surface area contributed by atoms with Crippen molar-refractivity contribution in [3.63, 3.8) is 0 Å². The summed E-state index contributed by atoms with van der Waals surface area (Å²) in [5.41, 5.74) is 0.587. The van der Waals surface area contributed by atoms with Crippen molar-refractivity contribution in [3.05, 3.63) is 24.3 Å². The number of aromatic hydroxyl groups is 1. The number of furan rings is 1. The van der Waals surface area contributed by atoms with Crippen LogP contribution in [0.5, 0.6) is 5.75 Å². The Morgan fingerprint density at radius 3 is 2.82 bits per heavy atom. The zero-order chi connectivity index (χ0) is 11.8. The van der Waals surface area contributed by atoms with Crippen LogP contribution >= 0.6 is 11.8 Å². The van der Waals surface area contributed by atoms with E-state index in [1.807, 2.05) is 6.26 Å². The van der Waals surface area contributed by atoms with Crippen LogP contribution in [-0.2, 0) is 0 Å². The van der Waals surface area contributed by atoms with Gasteiger partial charge in [-0.1, -0.05) is 17.8 Å². The lowest BCUT2D eigenvalue weighted by atomic mass is 10.2. The molecule has 3 rings (SSSR count). The molecule has 86 valence electrons. The highest BCUT2D eigenvalue weighted by Gasteiger charge is 2.14. The maximum Gasteiger partial charge on any atom is 0.284 e. The maximum absolute atomic E-state index is 9.65. The van der Waals surface area contributed by atoms with Crippen molar-refractivity contribution in [3.8, 4) is 17.4 Å². The normalized spacial score (nSPS) is 11.1. The zero-order valence-corrected chi connectivity index (χ0v) is 9.69. The van der Waals surface area contributed by atoms with Crippen molar-refractivity contribution in [1.29, 1.82) is 0 Å². The van der Waals surface area contributed by atoms with E-state index in [2.05, 4.69) is 10.2 Å². The predicted molar refractivity (Wildman–Crippen MR) is 63.0 cm³/mol. The topological polar surface area (TPSA) is 72.3 Å². The van der Waals surface area contributed by atoms with Gasteiger partial charge in [-0.2, -0.15) is 0 Å². The van der Waals surface area contributed by atoms with Crippen molar-refractivity contribution in [2.24, 2.45) is 0 Å². The van der Waals surface area contributed by atoms with Crippen LogP contribution in [0.15, 0.2) is 38.3 Å². The summed E-state index contributed by atoms with van der Waals surface area (Å²) in [6.07, 6.45) is 1.85. The van der Waals surface area contributed by atoms with Gasteiger partial charge in [0, 0.05) is 6.07 Å². The Morgan fingerprint density at radius 2 is 2.12 bits per heavy atom. The highest BCUT2D eigenvalue weighted by molar-refractivity contribution is 7.98. The molecule has 0 radical (unpaired) electrons. The number of phenols is 1. The summed E-state index contributed by atoms with van der Waals surface area (Å²) < 4.78 is 10.9. The molecule has 1 aromatic carbocycles. The molecule has 0 bridgehead atoms. The summed E-state index contributed by atoms with van der Waals surface area (Å²) in [4.78, 5) is 0. The lowest BCUT2D eigenvalue weighted by molar-refractivity contribution is 0.452. The number of hydrogen-bond acceptors (Lipinski definition) is 6. The minimum absolute atomic E-state index is 0.169. The van der Waals surface area contributed by atoms with E-state index in [1.54, 1.807) is 24.3 Å². The van der Waals surface area contributed by atoms with Crippen molar-refractivity contribution in [1.82, 2.24) is 10.2 Å². The number of fused-ring (bicyclic) bond motifs is 1. The first-order chi connectivity index (χ1) is 8.28. The van der Waals surface area contributed by atoms with E-state index < -0.39 is 0 Å². The van der Waals surface area contributed by atoms with Crippen molar-refractivity contribution in [2.75, 3.05) is 6.26 Å². The summed E-state index contributed by atoms with van der Waals surface area (Å²) in [5, 5.41) is 18.5. The van der Waals surface area contributed by atoms with Crippen LogP contribution in [0.25, 0.3) is 22.6 Å². The molecule has 0 fully saturated rings. The molecule has 0 spiro atoms. The van der Waals surface area contributed by atoms with Gasteiger partial charge in [0.25, 0.3) is 11.1 Å². The Labute approximate surface area is 100 Å². The molecule has 0 aliphatic heterocycles. The van der Waals surface area contributed by atoms with Gasteiger partial charge in [-0.05, 0) is 18.4 Å². The third-order valence-electron chi connectivity index (χ3n) is 2.33. The fraction of sp³-hybridized carbons (Fsp3) is 0.0909. The number of phenolic OH excluding ortho intramolecular Hbond substituents is 1. The molecule has 1 N–H and O–H groups in total. The van der Waals surface area contributed by atoms with Gasteiger partial charge in [0.1, 0.15) is 11.3 Å². The Hall–Kier alpha value is -1.95. The zero-order valence-electron chi connectivity index (χ0n) is 8.88. The quantitative estimate of drug-likeness (QED) is 0.703. The van der Waals surface area contributed by atoms with E-state index in [-0.39, 0.29) is 5.75 Å². The van der Waals surface area contributed by atoms with Gasteiger partial charge < -0.3 is 13.9 Å². The fourth-order valence-electron chi connectivity index (χ4n) is 1.54. The smallest absolute Gasteiger partial charge is 0.284 e. The van der Waals surface area contributed by atoms with Crippen LogP contribution in [0.4, 0.5) is 0 Å². The van der Waals surface area contributed by atoms with Crippen LogP contribution in [0, 0.1) is 0 Å². The number of hydrogen-bond donors (Lipinski definition) is 1. The highest BCUT2D eigenvalue weighted by atomic mass is 32.2. The average molecular weight is 248 g/mol. The van der Waals surface area contributed by atoms with Gasteiger partial charge >= 0.3 is 0 Å². The molecule has 0 atom stereocenters. The van der Waals surface area contributed by atoms with Gasteiger partial charge in [-0.15, -0.1) is 10.2 Å². The number of aromatic nitrogens is 2.